The molecule has 0 fully saturated rings. The van der Waals surface area contributed by atoms with E-state index in [-0.39, 0.29) is 18.8 Å². The molecule has 0 aliphatic heterocycles. The molecule has 0 saturated heterocycles. The third kappa shape index (κ3) is 5.17. The predicted molar refractivity (Wildman–Crippen MR) is 65.9 cm³/mol. The number of carbonyl (C=O) groups is 2. The maximum Gasteiger partial charge on any atom is 0.315 e. The molecule has 1 N–H and O–H groups in total. The molecule has 0 atom stereocenters. The van der Waals surface area contributed by atoms with E-state index in [1.54, 1.807) is 31.2 Å². The Labute approximate surface area is 106 Å². The van der Waals surface area contributed by atoms with E-state index in [2.05, 4.69) is 11.8 Å². The molecule has 0 aromatic heterocycles. The summed E-state index contributed by atoms with van der Waals surface area (Å²) in [6.45, 7) is 2.14. The van der Waals surface area contributed by atoms with Crippen LogP contribution in [0.5, 0.6) is 0 Å². The molecule has 1 aromatic carbocycles. The van der Waals surface area contributed by atoms with Crippen LogP contribution in [-0.2, 0) is 20.7 Å². The van der Waals surface area contributed by atoms with Crippen LogP contribution in [0.25, 0.3) is 0 Å². The number of hydrogen-bond acceptors (Lipinski definition) is 3. The van der Waals surface area contributed by atoms with E-state index in [4.69, 9.17) is 9.84 Å². The van der Waals surface area contributed by atoms with E-state index in [0.717, 1.165) is 11.1 Å². The van der Waals surface area contributed by atoms with Gasteiger partial charge in [-0.3, -0.25) is 9.59 Å². The van der Waals surface area contributed by atoms with Crippen molar-refractivity contribution in [2.75, 3.05) is 6.61 Å². The number of rotatable bonds is 4. The summed E-state index contributed by atoms with van der Waals surface area (Å²) < 4.78 is 4.84. The molecular weight excluding hydrogens is 232 g/mol. The minimum atomic E-state index is -0.943. The van der Waals surface area contributed by atoms with Crippen LogP contribution in [0, 0.1) is 11.8 Å². The third-order valence-electron chi connectivity index (χ3n) is 2.08. The Balaban J connectivity index is 2.59. The minimum absolute atomic E-state index is 0.176. The molecule has 4 nitrogen and oxygen atoms in total. The van der Waals surface area contributed by atoms with Crippen LogP contribution < -0.4 is 0 Å². The molecule has 1 rings (SSSR count). The minimum Gasteiger partial charge on any atom is -0.481 e. The van der Waals surface area contributed by atoms with E-state index in [9.17, 15) is 9.59 Å². The Morgan fingerprint density at radius 2 is 1.94 bits per heavy atom. The van der Waals surface area contributed by atoms with E-state index < -0.39 is 5.97 Å². The Morgan fingerprint density at radius 1 is 1.28 bits per heavy atom. The molecular formula is C14H14O4. The second kappa shape index (κ2) is 7.13. The number of hydrogen-bond donors (Lipinski definition) is 1. The molecule has 0 aliphatic carbocycles. The van der Waals surface area contributed by atoms with Crippen LogP contribution in [0.3, 0.4) is 0 Å². The average Bonchev–Trinajstić information content (AvgIpc) is 2.31. The average molecular weight is 246 g/mol. The van der Waals surface area contributed by atoms with Gasteiger partial charge in [-0.2, -0.15) is 0 Å². The van der Waals surface area contributed by atoms with Gasteiger partial charge >= 0.3 is 11.9 Å². The molecule has 1 aromatic rings. The zero-order valence-electron chi connectivity index (χ0n) is 10.1. The number of ether oxygens (including phenoxy) is 1. The van der Waals surface area contributed by atoms with Gasteiger partial charge in [0.25, 0.3) is 0 Å². The Bertz CT molecular complexity index is 477. The van der Waals surface area contributed by atoms with Crippen molar-refractivity contribution in [2.45, 2.75) is 19.8 Å². The van der Waals surface area contributed by atoms with Crippen molar-refractivity contribution in [2.24, 2.45) is 0 Å². The molecule has 0 unspecified atom stereocenters. The first-order valence-electron chi connectivity index (χ1n) is 5.57. The predicted octanol–water partition coefficient (Wildman–Crippen LogP) is 1.62. The lowest BCUT2D eigenvalue weighted by molar-refractivity contribution is -0.142. The highest BCUT2D eigenvalue weighted by molar-refractivity contribution is 5.72. The van der Waals surface area contributed by atoms with Gasteiger partial charge in [0, 0.05) is 5.56 Å². The summed E-state index contributed by atoms with van der Waals surface area (Å²) in [5.74, 6) is 4.07. The first-order valence-corrected chi connectivity index (χ1v) is 5.57. The fourth-order valence-electron chi connectivity index (χ4n) is 1.31. The maximum absolute atomic E-state index is 11.2. The van der Waals surface area contributed by atoms with Crippen LogP contribution in [0.2, 0.25) is 0 Å². The van der Waals surface area contributed by atoms with Crippen LogP contribution in [0.1, 0.15) is 24.5 Å². The van der Waals surface area contributed by atoms with Crippen molar-refractivity contribution >= 4 is 11.9 Å². The van der Waals surface area contributed by atoms with E-state index in [1.807, 2.05) is 0 Å². The van der Waals surface area contributed by atoms with Crippen LogP contribution >= 0.6 is 0 Å². The number of carbonyl (C=O) groups excluding carboxylic acids is 1. The van der Waals surface area contributed by atoms with Gasteiger partial charge in [-0.1, -0.05) is 24.0 Å². The molecule has 94 valence electrons. The number of carboxylic acid groups (broad SMARTS) is 1. The van der Waals surface area contributed by atoms with E-state index >= 15 is 0 Å². The van der Waals surface area contributed by atoms with Crippen LogP contribution in [0.15, 0.2) is 24.3 Å². The fraction of sp³-hybridized carbons (Fsp3) is 0.286. The zero-order chi connectivity index (χ0) is 13.4. The monoisotopic (exact) mass is 246 g/mol. The molecule has 0 bridgehead atoms. The van der Waals surface area contributed by atoms with Gasteiger partial charge in [0.1, 0.15) is 6.42 Å². The first-order chi connectivity index (χ1) is 8.61. The van der Waals surface area contributed by atoms with Gasteiger partial charge in [-0.15, -0.1) is 0 Å². The summed E-state index contributed by atoms with van der Waals surface area (Å²) in [4.78, 5) is 21.5. The molecule has 0 spiro atoms. The summed E-state index contributed by atoms with van der Waals surface area (Å²) in [5, 5.41) is 8.43. The van der Waals surface area contributed by atoms with Crippen molar-refractivity contribution in [3.05, 3.63) is 35.4 Å². The molecule has 0 aliphatic rings. The zero-order valence-corrected chi connectivity index (χ0v) is 10.1. The lowest BCUT2D eigenvalue weighted by atomic mass is 10.1. The molecule has 0 amide bonds. The summed E-state index contributed by atoms with van der Waals surface area (Å²) in [6.07, 6.45) is 0.0568. The van der Waals surface area contributed by atoms with Crippen molar-refractivity contribution < 1.29 is 19.4 Å². The lowest BCUT2D eigenvalue weighted by Gasteiger charge is -2.01. The molecule has 0 radical (unpaired) electrons. The smallest absolute Gasteiger partial charge is 0.315 e. The number of carboxylic acids is 1. The third-order valence-corrected chi connectivity index (χ3v) is 2.08. The fourth-order valence-corrected chi connectivity index (χ4v) is 1.31. The largest absolute Gasteiger partial charge is 0.481 e. The number of benzene rings is 1. The van der Waals surface area contributed by atoms with Crippen molar-refractivity contribution in [3.8, 4) is 11.8 Å². The summed E-state index contributed by atoms with van der Waals surface area (Å²) >= 11 is 0. The number of aliphatic carboxylic acids is 1. The topological polar surface area (TPSA) is 63.6 Å². The van der Waals surface area contributed by atoms with E-state index in [0.29, 0.717) is 6.61 Å². The second-order valence-electron chi connectivity index (χ2n) is 3.55. The second-order valence-corrected chi connectivity index (χ2v) is 3.55. The van der Waals surface area contributed by atoms with Crippen LogP contribution in [0.4, 0.5) is 0 Å². The highest BCUT2D eigenvalue weighted by Gasteiger charge is 2.02. The van der Waals surface area contributed by atoms with Gasteiger partial charge < -0.3 is 9.84 Å². The highest BCUT2D eigenvalue weighted by atomic mass is 16.5. The van der Waals surface area contributed by atoms with Crippen LogP contribution in [-0.4, -0.2) is 23.7 Å². The summed E-state index contributed by atoms with van der Waals surface area (Å²) in [6, 6.07) is 7.07. The van der Waals surface area contributed by atoms with Crippen molar-refractivity contribution in [1.82, 2.24) is 0 Å². The van der Waals surface area contributed by atoms with E-state index in [1.165, 1.54) is 0 Å². The summed E-state index contributed by atoms with van der Waals surface area (Å²) in [5.41, 5.74) is 1.57. The molecule has 18 heavy (non-hydrogen) atoms. The van der Waals surface area contributed by atoms with Gasteiger partial charge in [0.05, 0.1) is 13.0 Å². The summed E-state index contributed by atoms with van der Waals surface area (Å²) in [7, 11) is 0. The number of esters is 1. The standard InChI is InChI=1S/C14H14O4/c1-2-18-14(17)10-12-8-6-11(7-9-12)4-3-5-13(15)16/h6-9H,2,5,10H2,1H3,(H,15,16). The quantitative estimate of drug-likeness (QED) is 0.647. The molecule has 4 heteroatoms. The van der Waals surface area contributed by atoms with Gasteiger partial charge in [0.15, 0.2) is 0 Å². The molecule has 0 saturated carbocycles. The molecule has 0 heterocycles. The van der Waals surface area contributed by atoms with Gasteiger partial charge in [-0.05, 0) is 24.6 Å². The van der Waals surface area contributed by atoms with Gasteiger partial charge in [-0.25, -0.2) is 0 Å². The Kier molecular flexibility index (Phi) is 5.46. The SMILES string of the molecule is CCOC(=O)Cc1ccc(C#CCC(=O)O)cc1. The van der Waals surface area contributed by atoms with Crippen molar-refractivity contribution in [1.29, 1.82) is 0 Å². The normalized spacial score (nSPS) is 9.17. The lowest BCUT2D eigenvalue weighted by Crippen LogP contribution is -2.07. The Morgan fingerprint density at radius 3 is 2.50 bits per heavy atom. The van der Waals surface area contributed by atoms with Gasteiger partial charge in [0.2, 0.25) is 0 Å². The van der Waals surface area contributed by atoms with Crippen molar-refractivity contribution in [3.63, 3.8) is 0 Å². The Hall–Kier alpha value is -2.28. The first kappa shape index (κ1) is 13.8. The highest BCUT2D eigenvalue weighted by Crippen LogP contribution is 2.05. The maximum atomic E-state index is 11.2.